The summed E-state index contributed by atoms with van der Waals surface area (Å²) in [6.07, 6.45) is 0.194. The zero-order chi connectivity index (χ0) is 22.6. The maximum atomic E-state index is 12.4. The van der Waals surface area contributed by atoms with E-state index < -0.39 is 11.6 Å². The van der Waals surface area contributed by atoms with Gasteiger partial charge in [0.15, 0.2) is 0 Å². The first-order valence-corrected chi connectivity index (χ1v) is 10.2. The Morgan fingerprint density at radius 1 is 1.22 bits per heavy atom. The van der Waals surface area contributed by atoms with E-state index in [2.05, 4.69) is 20.6 Å². The Bertz CT molecular complexity index is 1140. The second-order valence-corrected chi connectivity index (χ2v) is 7.75. The van der Waals surface area contributed by atoms with Crippen molar-refractivity contribution < 1.29 is 23.8 Å². The molecule has 1 fully saturated rings. The van der Waals surface area contributed by atoms with Gasteiger partial charge in [0.05, 0.1) is 25.8 Å². The SMILES string of the molecule is COc1ccc(COC(=O)NC2(CNc3nc(Cl)nc4ccc(C=O)cc34)COC2)cc1. The average Bonchev–Trinajstić information content (AvgIpc) is 2.79. The monoisotopic (exact) mass is 456 g/mol. The summed E-state index contributed by atoms with van der Waals surface area (Å²) in [4.78, 5) is 31.9. The number of hydrogen-bond donors (Lipinski definition) is 2. The molecule has 10 heteroatoms. The Morgan fingerprint density at radius 3 is 2.66 bits per heavy atom. The number of anilines is 1. The van der Waals surface area contributed by atoms with Gasteiger partial charge >= 0.3 is 6.09 Å². The summed E-state index contributed by atoms with van der Waals surface area (Å²) in [7, 11) is 1.59. The fraction of sp³-hybridized carbons (Fsp3) is 0.273. The number of aromatic nitrogens is 2. The molecule has 32 heavy (non-hydrogen) atoms. The maximum Gasteiger partial charge on any atom is 0.408 e. The van der Waals surface area contributed by atoms with Gasteiger partial charge in [0.1, 0.15) is 30.0 Å². The molecule has 0 radical (unpaired) electrons. The largest absolute Gasteiger partial charge is 0.497 e. The van der Waals surface area contributed by atoms with Crippen molar-refractivity contribution in [1.29, 1.82) is 0 Å². The minimum Gasteiger partial charge on any atom is -0.497 e. The first kappa shape index (κ1) is 21.8. The van der Waals surface area contributed by atoms with E-state index in [-0.39, 0.29) is 11.9 Å². The Kier molecular flexibility index (Phi) is 6.38. The number of nitrogens with zero attached hydrogens (tertiary/aromatic N) is 2. The number of methoxy groups -OCH3 is 1. The lowest BCUT2D eigenvalue weighted by atomic mass is 9.97. The van der Waals surface area contributed by atoms with Gasteiger partial charge in [-0.15, -0.1) is 0 Å². The van der Waals surface area contributed by atoms with Crippen LogP contribution in [0.2, 0.25) is 5.28 Å². The van der Waals surface area contributed by atoms with E-state index in [4.69, 9.17) is 25.8 Å². The van der Waals surface area contributed by atoms with Crippen LogP contribution in [-0.2, 0) is 16.1 Å². The van der Waals surface area contributed by atoms with E-state index >= 15 is 0 Å². The molecule has 1 saturated heterocycles. The highest BCUT2D eigenvalue weighted by atomic mass is 35.5. The number of carbonyl (C=O) groups is 2. The minimum absolute atomic E-state index is 0.0737. The average molecular weight is 457 g/mol. The molecule has 1 amide bonds. The highest BCUT2D eigenvalue weighted by molar-refractivity contribution is 6.28. The molecule has 1 aromatic heterocycles. The second-order valence-electron chi connectivity index (χ2n) is 7.41. The highest BCUT2D eigenvalue weighted by Crippen LogP contribution is 2.25. The Hall–Kier alpha value is -3.43. The van der Waals surface area contributed by atoms with Crippen LogP contribution >= 0.6 is 11.6 Å². The Labute approximate surface area is 189 Å². The lowest BCUT2D eigenvalue weighted by molar-refractivity contribution is -0.0650. The van der Waals surface area contributed by atoms with Crippen molar-refractivity contribution in [2.75, 3.05) is 32.2 Å². The van der Waals surface area contributed by atoms with Crippen molar-refractivity contribution >= 4 is 40.7 Å². The third-order valence-electron chi connectivity index (χ3n) is 5.08. The Morgan fingerprint density at radius 2 is 2.00 bits per heavy atom. The van der Waals surface area contributed by atoms with Gasteiger partial charge in [0.2, 0.25) is 5.28 Å². The summed E-state index contributed by atoms with van der Waals surface area (Å²) in [6, 6.07) is 12.3. The van der Waals surface area contributed by atoms with Crippen molar-refractivity contribution in [3.63, 3.8) is 0 Å². The fourth-order valence-electron chi connectivity index (χ4n) is 3.27. The summed E-state index contributed by atoms with van der Waals surface area (Å²) in [6.45, 7) is 1.07. The van der Waals surface area contributed by atoms with Crippen LogP contribution in [0, 0.1) is 0 Å². The number of fused-ring (bicyclic) bond motifs is 1. The summed E-state index contributed by atoms with van der Waals surface area (Å²) in [5.74, 6) is 1.19. The number of ether oxygens (including phenoxy) is 3. The van der Waals surface area contributed by atoms with Crippen LogP contribution in [0.4, 0.5) is 10.6 Å². The highest BCUT2D eigenvalue weighted by Gasteiger charge is 2.40. The van der Waals surface area contributed by atoms with Gasteiger partial charge in [0, 0.05) is 17.5 Å². The normalized spacial score (nSPS) is 14.3. The van der Waals surface area contributed by atoms with Crippen LogP contribution in [0.5, 0.6) is 5.75 Å². The molecule has 0 unspecified atom stereocenters. The molecule has 166 valence electrons. The van der Waals surface area contributed by atoms with Gasteiger partial charge in [-0.25, -0.2) is 14.8 Å². The molecule has 2 aromatic carbocycles. The number of benzene rings is 2. The van der Waals surface area contributed by atoms with Crippen molar-refractivity contribution in [1.82, 2.24) is 15.3 Å². The molecule has 0 bridgehead atoms. The second kappa shape index (κ2) is 9.37. The van der Waals surface area contributed by atoms with Gasteiger partial charge in [-0.1, -0.05) is 12.1 Å². The molecule has 0 atom stereocenters. The molecule has 4 rings (SSSR count). The Balaban J connectivity index is 1.40. The van der Waals surface area contributed by atoms with Crippen LogP contribution in [-0.4, -0.2) is 54.8 Å². The first-order valence-electron chi connectivity index (χ1n) is 9.82. The van der Waals surface area contributed by atoms with Crippen molar-refractivity contribution in [3.05, 3.63) is 58.9 Å². The van der Waals surface area contributed by atoms with E-state index in [0.29, 0.717) is 42.0 Å². The minimum atomic E-state index is -0.664. The van der Waals surface area contributed by atoms with Gasteiger partial charge in [-0.05, 0) is 47.5 Å². The van der Waals surface area contributed by atoms with E-state index in [1.165, 1.54) is 0 Å². The third-order valence-corrected chi connectivity index (χ3v) is 5.24. The van der Waals surface area contributed by atoms with Crippen LogP contribution in [0.3, 0.4) is 0 Å². The molecule has 9 nitrogen and oxygen atoms in total. The molecular weight excluding hydrogens is 436 g/mol. The smallest absolute Gasteiger partial charge is 0.408 e. The number of carbonyl (C=O) groups excluding carboxylic acids is 2. The van der Waals surface area contributed by atoms with Crippen LogP contribution in [0.1, 0.15) is 15.9 Å². The van der Waals surface area contributed by atoms with Crippen molar-refractivity contribution in [2.45, 2.75) is 12.1 Å². The molecule has 3 aromatic rings. The third kappa shape index (κ3) is 4.90. The molecule has 2 heterocycles. The van der Waals surface area contributed by atoms with Crippen molar-refractivity contribution in [2.24, 2.45) is 0 Å². The number of alkyl carbamates (subject to hydrolysis) is 1. The van der Waals surface area contributed by atoms with Gasteiger partial charge in [-0.2, -0.15) is 0 Å². The van der Waals surface area contributed by atoms with Crippen LogP contribution in [0.25, 0.3) is 10.9 Å². The lowest BCUT2D eigenvalue weighted by Crippen LogP contribution is -2.65. The molecule has 0 aliphatic carbocycles. The van der Waals surface area contributed by atoms with Crippen molar-refractivity contribution in [3.8, 4) is 5.75 Å². The predicted octanol–water partition coefficient (Wildman–Crippen LogP) is 3.21. The summed E-state index contributed by atoms with van der Waals surface area (Å²) in [5.41, 5.74) is 1.27. The molecule has 1 aliphatic rings. The van der Waals surface area contributed by atoms with Crippen LogP contribution < -0.4 is 15.4 Å². The van der Waals surface area contributed by atoms with Crippen LogP contribution in [0.15, 0.2) is 42.5 Å². The number of hydrogen-bond acceptors (Lipinski definition) is 8. The standard InChI is InChI=1S/C22H21ClN4O5/c1-30-16-5-2-14(3-6-16)10-32-21(29)27-22(12-31-13-22)11-24-19-17-8-15(9-28)4-7-18(17)25-20(23)26-19/h2-9H,10-13H2,1H3,(H,27,29)(H,24,25,26). The summed E-state index contributed by atoms with van der Waals surface area (Å²) >= 11 is 6.04. The molecule has 2 N–H and O–H groups in total. The number of aldehydes is 1. The van der Waals surface area contributed by atoms with E-state index in [9.17, 15) is 9.59 Å². The summed E-state index contributed by atoms with van der Waals surface area (Å²) in [5, 5.41) is 6.79. The molecular formula is C22H21ClN4O5. The molecule has 0 spiro atoms. The quantitative estimate of drug-likeness (QED) is 0.392. The fourth-order valence-corrected chi connectivity index (χ4v) is 3.44. The predicted molar refractivity (Wildman–Crippen MR) is 118 cm³/mol. The topological polar surface area (TPSA) is 112 Å². The van der Waals surface area contributed by atoms with E-state index in [1.54, 1.807) is 37.4 Å². The maximum absolute atomic E-state index is 12.4. The zero-order valence-electron chi connectivity index (χ0n) is 17.3. The summed E-state index contributed by atoms with van der Waals surface area (Å²) < 4.78 is 15.8. The molecule has 1 aliphatic heterocycles. The zero-order valence-corrected chi connectivity index (χ0v) is 18.0. The number of halogens is 1. The number of amides is 1. The number of nitrogens with one attached hydrogen (secondary N) is 2. The first-order chi connectivity index (χ1) is 15.5. The molecule has 0 saturated carbocycles. The van der Waals surface area contributed by atoms with Gasteiger partial charge in [-0.3, -0.25) is 4.79 Å². The van der Waals surface area contributed by atoms with E-state index in [0.717, 1.165) is 17.6 Å². The van der Waals surface area contributed by atoms with E-state index in [1.807, 2.05) is 12.1 Å². The van der Waals surface area contributed by atoms with Gasteiger partial charge < -0.3 is 24.8 Å². The van der Waals surface area contributed by atoms with Gasteiger partial charge in [0.25, 0.3) is 0 Å². The number of rotatable bonds is 8. The lowest BCUT2D eigenvalue weighted by Gasteiger charge is -2.41.